The van der Waals surface area contributed by atoms with Gasteiger partial charge in [-0.05, 0) is 38.7 Å². The van der Waals surface area contributed by atoms with E-state index in [0.717, 1.165) is 23.4 Å². The van der Waals surface area contributed by atoms with Gasteiger partial charge in [-0.15, -0.1) is 0 Å². The van der Waals surface area contributed by atoms with Crippen LogP contribution in [0.2, 0.25) is 0 Å². The Hall–Kier alpha value is -1.82. The molecule has 0 radical (unpaired) electrons. The van der Waals surface area contributed by atoms with Crippen LogP contribution in [0.5, 0.6) is 0 Å². The summed E-state index contributed by atoms with van der Waals surface area (Å²) >= 11 is 0. The Kier molecular flexibility index (Phi) is 6.97. The predicted octanol–water partition coefficient (Wildman–Crippen LogP) is 1.06. The van der Waals surface area contributed by atoms with Gasteiger partial charge in [-0.3, -0.25) is 9.67 Å². The number of nitrogens with zero attached hydrogens (tertiary/aromatic N) is 4. The molecule has 160 valence electrons. The standard InChI is InChI=1S/C16H27F3N6O2S/c1-11-14(12(2)24(4)23-11)5-8-21-15(20-3)22-13-6-9-25(10-7-13)28(26,27)16(17,18)19/h13H,5-10H2,1-4H3,(H2,20,21,22). The number of aryl methyl sites for hydroxylation is 2. The van der Waals surface area contributed by atoms with E-state index in [9.17, 15) is 21.6 Å². The van der Waals surface area contributed by atoms with Crippen LogP contribution >= 0.6 is 0 Å². The number of nitrogens with one attached hydrogen (secondary N) is 2. The van der Waals surface area contributed by atoms with E-state index in [0.29, 0.717) is 16.8 Å². The number of sulfonamides is 1. The van der Waals surface area contributed by atoms with Crippen molar-refractivity contribution in [3.63, 3.8) is 0 Å². The zero-order valence-electron chi connectivity index (χ0n) is 16.5. The second kappa shape index (κ2) is 8.68. The van der Waals surface area contributed by atoms with Crippen LogP contribution in [0.15, 0.2) is 4.99 Å². The van der Waals surface area contributed by atoms with Crippen molar-refractivity contribution in [3.05, 3.63) is 17.0 Å². The highest BCUT2D eigenvalue weighted by atomic mass is 32.2. The summed E-state index contributed by atoms with van der Waals surface area (Å²) in [5.74, 6) is 0.538. The first-order valence-corrected chi connectivity index (χ1v) is 10.4. The largest absolute Gasteiger partial charge is 0.511 e. The molecule has 0 aliphatic carbocycles. The lowest BCUT2D eigenvalue weighted by Crippen LogP contribution is -2.51. The molecule has 1 aromatic heterocycles. The maximum atomic E-state index is 12.6. The molecule has 12 heteroatoms. The van der Waals surface area contributed by atoms with Crippen LogP contribution in [0.1, 0.15) is 29.8 Å². The van der Waals surface area contributed by atoms with E-state index >= 15 is 0 Å². The van der Waals surface area contributed by atoms with E-state index in [1.165, 1.54) is 0 Å². The number of hydrogen-bond donors (Lipinski definition) is 2. The molecule has 0 aromatic carbocycles. The number of halogens is 3. The Morgan fingerprint density at radius 3 is 2.36 bits per heavy atom. The van der Waals surface area contributed by atoms with Crippen molar-refractivity contribution in [3.8, 4) is 0 Å². The van der Waals surface area contributed by atoms with Gasteiger partial charge in [0, 0.05) is 45.5 Å². The summed E-state index contributed by atoms with van der Waals surface area (Å²) in [7, 11) is -1.75. The molecule has 1 aliphatic heterocycles. The molecule has 0 atom stereocenters. The smallest absolute Gasteiger partial charge is 0.356 e. The average Bonchev–Trinajstić information content (AvgIpc) is 2.86. The molecule has 2 heterocycles. The molecule has 0 amide bonds. The van der Waals surface area contributed by atoms with Gasteiger partial charge in [-0.2, -0.15) is 22.6 Å². The summed E-state index contributed by atoms with van der Waals surface area (Å²) in [6, 6.07) is -0.146. The fourth-order valence-electron chi connectivity index (χ4n) is 3.26. The molecule has 0 bridgehead atoms. The van der Waals surface area contributed by atoms with Crippen LogP contribution in [0, 0.1) is 13.8 Å². The van der Waals surface area contributed by atoms with E-state index < -0.39 is 15.5 Å². The number of alkyl halides is 3. The van der Waals surface area contributed by atoms with Crippen molar-refractivity contribution >= 4 is 16.0 Å². The second-order valence-electron chi connectivity index (χ2n) is 6.79. The van der Waals surface area contributed by atoms with E-state index in [1.54, 1.807) is 7.05 Å². The molecule has 2 rings (SSSR count). The molecular formula is C16H27F3N6O2S. The van der Waals surface area contributed by atoms with Crippen molar-refractivity contribution in [2.75, 3.05) is 26.7 Å². The molecule has 8 nitrogen and oxygen atoms in total. The number of hydrogen-bond acceptors (Lipinski definition) is 4. The third kappa shape index (κ3) is 4.96. The van der Waals surface area contributed by atoms with Gasteiger partial charge in [0.1, 0.15) is 0 Å². The summed E-state index contributed by atoms with van der Waals surface area (Å²) in [6.07, 6.45) is 1.31. The fraction of sp³-hybridized carbons (Fsp3) is 0.750. The molecule has 28 heavy (non-hydrogen) atoms. The Morgan fingerprint density at radius 2 is 1.89 bits per heavy atom. The molecule has 1 aromatic rings. The third-order valence-electron chi connectivity index (χ3n) is 4.98. The molecule has 0 saturated carbocycles. The minimum Gasteiger partial charge on any atom is -0.356 e. The van der Waals surface area contributed by atoms with Crippen molar-refractivity contribution in [2.24, 2.45) is 12.0 Å². The van der Waals surface area contributed by atoms with Crippen molar-refractivity contribution < 1.29 is 21.6 Å². The summed E-state index contributed by atoms with van der Waals surface area (Å²) in [4.78, 5) is 4.13. The van der Waals surface area contributed by atoms with Crippen molar-refractivity contribution in [1.29, 1.82) is 0 Å². The number of piperidine rings is 1. The highest BCUT2D eigenvalue weighted by Gasteiger charge is 2.50. The van der Waals surface area contributed by atoms with Gasteiger partial charge in [0.25, 0.3) is 0 Å². The predicted molar refractivity (Wildman–Crippen MR) is 100 cm³/mol. The van der Waals surface area contributed by atoms with E-state index in [4.69, 9.17) is 0 Å². The fourth-order valence-corrected chi connectivity index (χ4v) is 4.24. The van der Waals surface area contributed by atoms with E-state index in [2.05, 4.69) is 20.7 Å². The Balaban J connectivity index is 1.83. The molecule has 0 spiro atoms. The van der Waals surface area contributed by atoms with Gasteiger partial charge in [0.2, 0.25) is 0 Å². The third-order valence-corrected chi connectivity index (χ3v) is 6.61. The van der Waals surface area contributed by atoms with Crippen molar-refractivity contribution in [1.82, 2.24) is 24.7 Å². The second-order valence-corrected chi connectivity index (χ2v) is 8.72. The maximum Gasteiger partial charge on any atom is 0.511 e. The summed E-state index contributed by atoms with van der Waals surface area (Å²) in [5.41, 5.74) is -2.02. The minimum absolute atomic E-state index is 0.146. The first-order valence-electron chi connectivity index (χ1n) is 9.00. The SMILES string of the molecule is CN=C(NCCc1c(C)nn(C)c1C)NC1CCN(S(=O)(=O)C(F)(F)F)CC1. The van der Waals surface area contributed by atoms with Crippen LogP contribution in [0.4, 0.5) is 13.2 Å². The van der Waals surface area contributed by atoms with Gasteiger partial charge in [0.15, 0.2) is 5.96 Å². The van der Waals surface area contributed by atoms with Crippen molar-refractivity contribution in [2.45, 2.75) is 44.7 Å². The van der Waals surface area contributed by atoms with Gasteiger partial charge in [-0.25, -0.2) is 8.42 Å². The highest BCUT2D eigenvalue weighted by molar-refractivity contribution is 7.90. The molecule has 1 saturated heterocycles. The molecular weight excluding hydrogens is 397 g/mol. The van der Waals surface area contributed by atoms with Gasteiger partial charge >= 0.3 is 15.5 Å². The topological polar surface area (TPSA) is 91.6 Å². The molecule has 1 aliphatic rings. The summed E-state index contributed by atoms with van der Waals surface area (Å²) < 4.78 is 63.2. The molecule has 0 unspecified atom stereocenters. The quantitative estimate of drug-likeness (QED) is 0.545. The number of rotatable bonds is 5. The minimum atomic E-state index is -5.26. The monoisotopic (exact) mass is 424 g/mol. The first-order chi connectivity index (χ1) is 13.0. The van der Waals surface area contributed by atoms with Crippen LogP contribution in [0.25, 0.3) is 0 Å². The number of aliphatic imine (C=N–C) groups is 1. The lowest BCUT2D eigenvalue weighted by atomic mass is 10.1. The van der Waals surface area contributed by atoms with Crippen LogP contribution in [0.3, 0.4) is 0 Å². The lowest BCUT2D eigenvalue weighted by Gasteiger charge is -2.32. The van der Waals surface area contributed by atoms with E-state index in [1.807, 2.05) is 25.6 Å². The summed E-state index contributed by atoms with van der Waals surface area (Å²) in [6.45, 7) is 4.23. The number of guanidine groups is 1. The maximum absolute atomic E-state index is 12.6. The average molecular weight is 424 g/mol. The first kappa shape index (κ1) is 22.5. The zero-order chi connectivity index (χ0) is 21.1. The normalized spacial score (nSPS) is 17.8. The molecule has 1 fully saturated rings. The van der Waals surface area contributed by atoms with Gasteiger partial charge in [-0.1, -0.05) is 0 Å². The van der Waals surface area contributed by atoms with Crippen LogP contribution < -0.4 is 10.6 Å². The Morgan fingerprint density at radius 1 is 1.29 bits per heavy atom. The van der Waals surface area contributed by atoms with Gasteiger partial charge < -0.3 is 10.6 Å². The highest BCUT2D eigenvalue weighted by Crippen LogP contribution is 2.28. The zero-order valence-corrected chi connectivity index (χ0v) is 17.3. The van der Waals surface area contributed by atoms with Gasteiger partial charge in [0.05, 0.1) is 5.69 Å². The molecule has 2 N–H and O–H groups in total. The Labute approximate surface area is 163 Å². The van der Waals surface area contributed by atoms with Crippen LogP contribution in [-0.4, -0.2) is 66.7 Å². The van der Waals surface area contributed by atoms with E-state index in [-0.39, 0.29) is 32.0 Å². The lowest BCUT2D eigenvalue weighted by molar-refractivity contribution is -0.0494. The van der Waals surface area contributed by atoms with Crippen LogP contribution in [-0.2, 0) is 23.5 Å². The summed E-state index contributed by atoms with van der Waals surface area (Å²) in [5, 5.41) is 10.7. The number of aromatic nitrogens is 2. The Bertz CT molecular complexity index is 811.